The number of nitrogens with zero attached hydrogens (tertiary/aromatic N) is 2. The molecule has 0 saturated carbocycles. The lowest BCUT2D eigenvalue weighted by Crippen LogP contribution is -2.10. The predicted octanol–water partition coefficient (Wildman–Crippen LogP) is 14.9. The van der Waals surface area contributed by atoms with Crippen LogP contribution in [0.4, 0.5) is 17.1 Å². The summed E-state index contributed by atoms with van der Waals surface area (Å²) in [4.78, 5) is 2.33. The van der Waals surface area contributed by atoms with E-state index in [0.717, 1.165) is 45.0 Å². The second-order valence-corrected chi connectivity index (χ2v) is 14.1. The molecular weight excluding hydrogens is 677 g/mol. The van der Waals surface area contributed by atoms with Gasteiger partial charge in [0, 0.05) is 33.5 Å². The van der Waals surface area contributed by atoms with Crippen LogP contribution in [0, 0.1) is 0 Å². The molecule has 0 radical (unpaired) electrons. The number of anilines is 3. The summed E-state index contributed by atoms with van der Waals surface area (Å²) in [5.74, 6) is 0. The van der Waals surface area contributed by atoms with Gasteiger partial charge in [0.05, 0.1) is 12.4 Å². The summed E-state index contributed by atoms with van der Waals surface area (Å²) in [6.07, 6.45) is 0. The maximum absolute atomic E-state index is 7.92. The molecule has 0 atom stereocenters. The number of rotatable bonds is 8. The highest BCUT2D eigenvalue weighted by Crippen LogP contribution is 2.41. The summed E-state index contributed by atoms with van der Waals surface area (Å²) in [6.45, 7) is 0. The molecule has 2 heteroatoms. The van der Waals surface area contributed by atoms with E-state index >= 15 is 0 Å². The molecule has 0 aliphatic heterocycles. The molecule has 0 saturated heterocycles. The zero-order valence-corrected chi connectivity index (χ0v) is 30.8. The van der Waals surface area contributed by atoms with Crippen LogP contribution in [0.25, 0.3) is 72.0 Å². The first-order chi connectivity index (χ1) is 28.2. The van der Waals surface area contributed by atoms with E-state index < -0.39 is 0 Å². The molecule has 0 aliphatic carbocycles. The van der Waals surface area contributed by atoms with Gasteiger partial charge in [0.2, 0.25) is 0 Å². The fourth-order valence-corrected chi connectivity index (χ4v) is 8.07. The molecule has 0 fully saturated rings. The monoisotopic (exact) mass is 715 g/mol. The number of hydrogen-bond acceptors (Lipinski definition) is 1. The van der Waals surface area contributed by atoms with Crippen molar-refractivity contribution in [2.75, 3.05) is 4.90 Å². The largest absolute Gasteiger partial charge is 0.310 e. The van der Waals surface area contributed by atoms with Gasteiger partial charge in [-0.2, -0.15) is 0 Å². The summed E-state index contributed by atoms with van der Waals surface area (Å²) in [5, 5.41) is 2.50. The van der Waals surface area contributed by atoms with Gasteiger partial charge in [-0.3, -0.25) is 0 Å². The summed E-state index contributed by atoms with van der Waals surface area (Å²) in [5.41, 5.74) is 16.1. The standard InChI is InChI=1S/C54H38N2/c1-4-15-39(16-5-1)41-29-33-47(34-30-41)55(48-35-31-42(32-36-48)40-17-6-2-7-18-40)49-24-13-20-44(38-49)43-19-12-21-45(37-43)50-26-14-28-53-54(50)51-25-10-11-27-52(51)56(53)46-22-8-3-9-23-46/h1-38H/i1D. The van der Waals surface area contributed by atoms with Crippen molar-refractivity contribution in [3.05, 3.63) is 230 Å². The highest BCUT2D eigenvalue weighted by atomic mass is 15.1. The van der Waals surface area contributed by atoms with Crippen molar-refractivity contribution in [2.45, 2.75) is 0 Å². The number of hydrogen-bond donors (Lipinski definition) is 0. The quantitative estimate of drug-likeness (QED) is 0.152. The predicted molar refractivity (Wildman–Crippen MR) is 237 cm³/mol. The second-order valence-electron chi connectivity index (χ2n) is 14.1. The van der Waals surface area contributed by atoms with Gasteiger partial charge in [-0.15, -0.1) is 0 Å². The Hall–Kier alpha value is -7.42. The van der Waals surface area contributed by atoms with Gasteiger partial charge in [0.1, 0.15) is 0 Å². The molecule has 0 amide bonds. The highest BCUT2D eigenvalue weighted by Gasteiger charge is 2.18. The normalized spacial score (nSPS) is 11.5. The Morgan fingerprint density at radius 1 is 0.339 bits per heavy atom. The molecule has 1 aromatic heterocycles. The number of benzene rings is 9. The van der Waals surface area contributed by atoms with E-state index in [9.17, 15) is 0 Å². The average Bonchev–Trinajstić information content (AvgIpc) is 3.63. The molecule has 0 bridgehead atoms. The zero-order chi connectivity index (χ0) is 38.1. The van der Waals surface area contributed by atoms with Crippen LogP contribution in [0.15, 0.2) is 230 Å². The maximum Gasteiger partial charge on any atom is 0.0623 e. The average molecular weight is 716 g/mol. The Morgan fingerprint density at radius 2 is 0.839 bits per heavy atom. The summed E-state index contributed by atoms with van der Waals surface area (Å²) in [7, 11) is 0. The third kappa shape index (κ3) is 6.14. The van der Waals surface area contributed by atoms with Crippen molar-refractivity contribution in [3.8, 4) is 50.2 Å². The fourth-order valence-electron chi connectivity index (χ4n) is 8.07. The smallest absolute Gasteiger partial charge is 0.0623 e. The first-order valence-electron chi connectivity index (χ1n) is 19.6. The SMILES string of the molecule is [2H]c1ccc(-c2ccc(N(c3ccc(-c4ccccc4)cc3)c3cccc(-c4cccc(-c5cccc6c5c5ccccc5n6-c5ccccc5)c4)c3)cc2)cc1. The molecular formula is C54H38N2. The third-order valence-electron chi connectivity index (χ3n) is 10.7. The van der Waals surface area contributed by atoms with Crippen molar-refractivity contribution in [1.29, 1.82) is 0 Å². The molecule has 10 aromatic rings. The molecule has 264 valence electrons. The molecule has 2 nitrogen and oxygen atoms in total. The minimum absolute atomic E-state index is 0.513. The lowest BCUT2D eigenvalue weighted by molar-refractivity contribution is 1.18. The summed E-state index contributed by atoms with van der Waals surface area (Å²) >= 11 is 0. The molecule has 0 aliphatic rings. The van der Waals surface area contributed by atoms with Gasteiger partial charge in [0.25, 0.3) is 0 Å². The van der Waals surface area contributed by atoms with Gasteiger partial charge < -0.3 is 9.47 Å². The highest BCUT2D eigenvalue weighted by molar-refractivity contribution is 6.15. The first kappa shape index (κ1) is 32.0. The molecule has 0 unspecified atom stereocenters. The van der Waals surface area contributed by atoms with Crippen LogP contribution in [0.2, 0.25) is 0 Å². The topological polar surface area (TPSA) is 8.17 Å². The van der Waals surface area contributed by atoms with E-state index in [1.165, 1.54) is 44.1 Å². The van der Waals surface area contributed by atoms with E-state index in [-0.39, 0.29) is 0 Å². The molecule has 9 aromatic carbocycles. The van der Waals surface area contributed by atoms with Crippen molar-refractivity contribution in [3.63, 3.8) is 0 Å². The lowest BCUT2D eigenvalue weighted by atomic mass is 9.95. The molecule has 0 spiro atoms. The number of aromatic nitrogens is 1. The molecule has 1 heterocycles. The van der Waals surface area contributed by atoms with Crippen molar-refractivity contribution in [1.82, 2.24) is 4.57 Å². The van der Waals surface area contributed by atoms with Gasteiger partial charge in [-0.1, -0.05) is 164 Å². The molecule has 56 heavy (non-hydrogen) atoms. The Balaban J connectivity index is 1.06. The third-order valence-corrected chi connectivity index (χ3v) is 10.7. The Morgan fingerprint density at radius 3 is 1.54 bits per heavy atom. The van der Waals surface area contributed by atoms with Crippen LogP contribution in [-0.2, 0) is 0 Å². The van der Waals surface area contributed by atoms with Gasteiger partial charge in [-0.25, -0.2) is 0 Å². The van der Waals surface area contributed by atoms with Crippen molar-refractivity contribution in [2.24, 2.45) is 0 Å². The summed E-state index contributed by atoms with van der Waals surface area (Å²) < 4.78 is 10.3. The number of para-hydroxylation sites is 2. The van der Waals surface area contributed by atoms with Crippen LogP contribution in [0.5, 0.6) is 0 Å². The van der Waals surface area contributed by atoms with Crippen LogP contribution in [0.3, 0.4) is 0 Å². The number of fused-ring (bicyclic) bond motifs is 3. The minimum atomic E-state index is 0.513. The van der Waals surface area contributed by atoms with Crippen LogP contribution >= 0.6 is 0 Å². The Bertz CT molecular complexity index is 2980. The van der Waals surface area contributed by atoms with Crippen LogP contribution in [0.1, 0.15) is 1.37 Å². The summed E-state index contributed by atoms with van der Waals surface area (Å²) in [6, 6.07) is 80.1. The van der Waals surface area contributed by atoms with Crippen LogP contribution in [-0.4, -0.2) is 4.57 Å². The van der Waals surface area contributed by atoms with Crippen molar-refractivity contribution >= 4 is 38.9 Å². The molecule has 10 rings (SSSR count). The van der Waals surface area contributed by atoms with E-state index in [1.807, 2.05) is 24.3 Å². The fraction of sp³-hybridized carbons (Fsp3) is 0. The van der Waals surface area contributed by atoms with Gasteiger partial charge in [-0.05, 0) is 111 Å². The minimum Gasteiger partial charge on any atom is -0.310 e. The molecule has 0 N–H and O–H groups in total. The van der Waals surface area contributed by atoms with E-state index in [0.29, 0.717) is 6.04 Å². The second kappa shape index (κ2) is 14.4. The first-order valence-corrected chi connectivity index (χ1v) is 19.1. The Kier molecular flexibility index (Phi) is 8.26. The van der Waals surface area contributed by atoms with Crippen LogP contribution < -0.4 is 4.90 Å². The van der Waals surface area contributed by atoms with E-state index in [2.05, 4.69) is 210 Å². The zero-order valence-electron chi connectivity index (χ0n) is 31.8. The van der Waals surface area contributed by atoms with E-state index in [1.54, 1.807) is 0 Å². The maximum atomic E-state index is 7.92. The Labute approximate surface area is 329 Å². The van der Waals surface area contributed by atoms with Crippen molar-refractivity contribution < 1.29 is 1.37 Å². The van der Waals surface area contributed by atoms with Gasteiger partial charge in [0.15, 0.2) is 0 Å². The lowest BCUT2D eigenvalue weighted by Gasteiger charge is -2.26. The van der Waals surface area contributed by atoms with Gasteiger partial charge >= 0.3 is 0 Å². The van der Waals surface area contributed by atoms with E-state index in [4.69, 9.17) is 1.37 Å².